The molecule has 0 aliphatic carbocycles. The van der Waals surface area contributed by atoms with E-state index in [2.05, 4.69) is 0 Å². The number of hydrogen-bond acceptors (Lipinski definition) is 3. The van der Waals surface area contributed by atoms with E-state index in [1.807, 2.05) is 0 Å². The van der Waals surface area contributed by atoms with Crippen LogP contribution in [0.1, 0.15) is 5.56 Å². The quantitative estimate of drug-likeness (QED) is 0.816. The summed E-state index contributed by atoms with van der Waals surface area (Å²) in [6.45, 7) is 0.501. The molecule has 3 rings (SSSR count). The molecule has 1 amide bonds. The van der Waals surface area contributed by atoms with E-state index >= 15 is 0 Å². The van der Waals surface area contributed by atoms with Crippen molar-refractivity contribution in [3.05, 3.63) is 65.7 Å². The van der Waals surface area contributed by atoms with Gasteiger partial charge in [-0.05, 0) is 23.8 Å². The summed E-state index contributed by atoms with van der Waals surface area (Å²) in [6, 6.07) is 11.3. The molecule has 1 aliphatic rings. The van der Waals surface area contributed by atoms with E-state index in [0.717, 1.165) is 10.4 Å². The monoisotopic (exact) mass is 380 g/mol. The highest BCUT2D eigenvalue weighted by atomic mass is 32.2. The summed E-state index contributed by atoms with van der Waals surface area (Å²) in [5.74, 6) is -1.51. The highest BCUT2D eigenvalue weighted by Crippen LogP contribution is 2.20. The third-order valence-electron chi connectivity index (χ3n) is 4.35. The molecule has 1 saturated heterocycles. The summed E-state index contributed by atoms with van der Waals surface area (Å²) < 4.78 is 53.8. The fraction of sp³-hybridized carbons (Fsp3) is 0.278. The van der Waals surface area contributed by atoms with E-state index in [0.29, 0.717) is 5.56 Å². The van der Waals surface area contributed by atoms with Gasteiger partial charge in [-0.2, -0.15) is 4.31 Å². The second-order valence-electron chi connectivity index (χ2n) is 5.98. The lowest BCUT2D eigenvalue weighted by Gasteiger charge is -2.34. The lowest BCUT2D eigenvalue weighted by atomic mass is 10.1. The standard InChI is InChI=1S/C18H18F2N2O3S/c19-15-6-2-1-5-14(15)13-18(23)21-9-11-22(12-10-21)26(24,25)17-8-4-3-7-16(17)20/h1-8H,9-13H2. The lowest BCUT2D eigenvalue weighted by molar-refractivity contribution is -0.131. The number of piperazine rings is 1. The van der Waals surface area contributed by atoms with Crippen molar-refractivity contribution < 1.29 is 22.0 Å². The summed E-state index contributed by atoms with van der Waals surface area (Å²) in [5, 5.41) is 0. The molecule has 0 spiro atoms. The fourth-order valence-corrected chi connectivity index (χ4v) is 4.37. The van der Waals surface area contributed by atoms with Crippen LogP contribution >= 0.6 is 0 Å². The zero-order valence-corrected chi connectivity index (χ0v) is 14.8. The molecule has 5 nitrogen and oxygen atoms in total. The Hall–Kier alpha value is -2.32. The van der Waals surface area contributed by atoms with Crippen LogP contribution in [-0.2, 0) is 21.2 Å². The Morgan fingerprint density at radius 2 is 1.46 bits per heavy atom. The maximum absolute atomic E-state index is 13.8. The molecule has 0 aromatic heterocycles. The van der Waals surface area contributed by atoms with Gasteiger partial charge >= 0.3 is 0 Å². The third kappa shape index (κ3) is 3.76. The van der Waals surface area contributed by atoms with Gasteiger partial charge in [-0.3, -0.25) is 4.79 Å². The fourth-order valence-electron chi connectivity index (χ4n) is 2.89. The van der Waals surface area contributed by atoms with Crippen LogP contribution in [0.25, 0.3) is 0 Å². The number of carbonyl (C=O) groups excluding carboxylic acids is 1. The molecular formula is C18H18F2N2O3S. The zero-order valence-electron chi connectivity index (χ0n) is 13.9. The number of nitrogens with zero attached hydrogens (tertiary/aromatic N) is 2. The van der Waals surface area contributed by atoms with Gasteiger partial charge in [0.25, 0.3) is 0 Å². The van der Waals surface area contributed by atoms with Gasteiger partial charge in [-0.25, -0.2) is 17.2 Å². The predicted octanol–water partition coefficient (Wildman–Crippen LogP) is 2.04. The summed E-state index contributed by atoms with van der Waals surface area (Å²) in [5.41, 5.74) is 0.305. The smallest absolute Gasteiger partial charge is 0.246 e. The highest BCUT2D eigenvalue weighted by Gasteiger charge is 2.31. The Morgan fingerprint density at radius 1 is 0.885 bits per heavy atom. The Kier molecular flexibility index (Phi) is 5.33. The number of benzene rings is 2. The molecule has 2 aromatic rings. The first kappa shape index (κ1) is 18.5. The van der Waals surface area contributed by atoms with Crippen LogP contribution in [0.3, 0.4) is 0 Å². The zero-order chi connectivity index (χ0) is 18.7. The Morgan fingerprint density at radius 3 is 2.08 bits per heavy atom. The maximum atomic E-state index is 13.8. The van der Waals surface area contributed by atoms with Crippen LogP contribution in [-0.4, -0.2) is 49.7 Å². The van der Waals surface area contributed by atoms with Crippen molar-refractivity contribution >= 4 is 15.9 Å². The molecule has 0 radical (unpaired) electrons. The van der Waals surface area contributed by atoms with E-state index < -0.39 is 21.7 Å². The first-order valence-corrected chi connectivity index (χ1v) is 9.59. The van der Waals surface area contributed by atoms with E-state index in [4.69, 9.17) is 0 Å². The molecule has 26 heavy (non-hydrogen) atoms. The summed E-state index contributed by atoms with van der Waals surface area (Å²) >= 11 is 0. The van der Waals surface area contributed by atoms with Gasteiger partial charge in [0.15, 0.2) is 0 Å². The van der Waals surface area contributed by atoms with Crippen LogP contribution in [0.4, 0.5) is 8.78 Å². The number of amides is 1. The van der Waals surface area contributed by atoms with E-state index in [9.17, 15) is 22.0 Å². The first-order chi connectivity index (χ1) is 12.4. The Balaban J connectivity index is 1.65. The molecule has 0 bridgehead atoms. The third-order valence-corrected chi connectivity index (χ3v) is 6.28. The minimum Gasteiger partial charge on any atom is -0.340 e. The minimum absolute atomic E-state index is 0.0691. The van der Waals surface area contributed by atoms with Crippen molar-refractivity contribution in [2.24, 2.45) is 0 Å². The van der Waals surface area contributed by atoms with Gasteiger partial charge in [0.2, 0.25) is 15.9 Å². The molecule has 1 heterocycles. The average Bonchev–Trinajstić information content (AvgIpc) is 2.64. The summed E-state index contributed by atoms with van der Waals surface area (Å²) in [7, 11) is -3.95. The SMILES string of the molecule is O=C(Cc1ccccc1F)N1CCN(S(=O)(=O)c2ccccc2F)CC1. The molecule has 138 valence electrons. The van der Waals surface area contributed by atoms with E-state index in [1.54, 1.807) is 18.2 Å². The van der Waals surface area contributed by atoms with Crippen molar-refractivity contribution in [3.8, 4) is 0 Å². The van der Waals surface area contributed by atoms with Crippen molar-refractivity contribution in [2.75, 3.05) is 26.2 Å². The van der Waals surface area contributed by atoms with E-state index in [-0.39, 0.29) is 43.4 Å². The lowest BCUT2D eigenvalue weighted by Crippen LogP contribution is -2.51. The second-order valence-corrected chi connectivity index (χ2v) is 7.89. The number of hydrogen-bond donors (Lipinski definition) is 0. The van der Waals surface area contributed by atoms with Gasteiger partial charge in [0.05, 0.1) is 6.42 Å². The highest BCUT2D eigenvalue weighted by molar-refractivity contribution is 7.89. The molecule has 1 fully saturated rings. The number of halogens is 2. The largest absolute Gasteiger partial charge is 0.340 e. The number of sulfonamides is 1. The first-order valence-electron chi connectivity index (χ1n) is 8.15. The van der Waals surface area contributed by atoms with E-state index in [1.165, 1.54) is 29.2 Å². The van der Waals surface area contributed by atoms with Crippen molar-refractivity contribution in [3.63, 3.8) is 0 Å². The van der Waals surface area contributed by atoms with Gasteiger partial charge in [-0.15, -0.1) is 0 Å². The molecular weight excluding hydrogens is 362 g/mol. The normalized spacial score (nSPS) is 15.8. The van der Waals surface area contributed by atoms with Crippen LogP contribution < -0.4 is 0 Å². The van der Waals surface area contributed by atoms with Gasteiger partial charge < -0.3 is 4.90 Å². The van der Waals surface area contributed by atoms with Gasteiger partial charge in [-0.1, -0.05) is 30.3 Å². The Labute approximate surface area is 150 Å². The van der Waals surface area contributed by atoms with Gasteiger partial charge in [0, 0.05) is 26.2 Å². The van der Waals surface area contributed by atoms with Crippen molar-refractivity contribution in [1.82, 2.24) is 9.21 Å². The molecule has 2 aromatic carbocycles. The summed E-state index contributed by atoms with van der Waals surface area (Å²) in [4.78, 5) is 13.5. The van der Waals surface area contributed by atoms with Crippen LogP contribution in [0, 0.1) is 11.6 Å². The molecule has 0 unspecified atom stereocenters. The number of carbonyl (C=O) groups is 1. The topological polar surface area (TPSA) is 57.7 Å². The molecule has 1 aliphatic heterocycles. The molecule has 0 N–H and O–H groups in total. The minimum atomic E-state index is -3.95. The maximum Gasteiger partial charge on any atom is 0.246 e. The Bertz CT molecular complexity index is 910. The average molecular weight is 380 g/mol. The number of rotatable bonds is 4. The van der Waals surface area contributed by atoms with Gasteiger partial charge in [0.1, 0.15) is 16.5 Å². The van der Waals surface area contributed by atoms with Crippen LogP contribution in [0.2, 0.25) is 0 Å². The van der Waals surface area contributed by atoms with Crippen LogP contribution in [0.15, 0.2) is 53.4 Å². The molecule has 8 heteroatoms. The van der Waals surface area contributed by atoms with Crippen molar-refractivity contribution in [1.29, 1.82) is 0 Å². The second kappa shape index (κ2) is 7.51. The van der Waals surface area contributed by atoms with Crippen LogP contribution in [0.5, 0.6) is 0 Å². The summed E-state index contributed by atoms with van der Waals surface area (Å²) in [6.07, 6.45) is -0.0767. The molecule has 0 atom stereocenters. The predicted molar refractivity (Wildman–Crippen MR) is 91.8 cm³/mol. The van der Waals surface area contributed by atoms with Crippen molar-refractivity contribution in [2.45, 2.75) is 11.3 Å². The molecule has 0 saturated carbocycles.